The molecule has 0 saturated heterocycles. The molecule has 2 aromatic carbocycles. The molecule has 3 rings (SSSR count). The Balaban J connectivity index is 1.65. The van der Waals surface area contributed by atoms with E-state index in [1.807, 2.05) is 19.1 Å². The summed E-state index contributed by atoms with van der Waals surface area (Å²) in [6.07, 6.45) is 0. The lowest BCUT2D eigenvalue weighted by molar-refractivity contribution is -0.133. The predicted octanol–water partition coefficient (Wildman–Crippen LogP) is 2.18. The number of hydrogen-bond donors (Lipinski definition) is 1. The first-order chi connectivity index (χ1) is 11.5. The molecule has 5 nitrogen and oxygen atoms in total. The number of benzene rings is 2. The molecule has 1 aliphatic heterocycles. The SMILES string of the molecule is Cc1ccc2c(c1)N(CC(=O)NCc1ccc(F)cc1)CC(=O)O2. The Morgan fingerprint density at radius 3 is 2.75 bits per heavy atom. The fourth-order valence-corrected chi connectivity index (χ4v) is 2.53. The van der Waals surface area contributed by atoms with Gasteiger partial charge in [0.25, 0.3) is 0 Å². The van der Waals surface area contributed by atoms with Gasteiger partial charge in [0.15, 0.2) is 5.75 Å². The predicted molar refractivity (Wildman–Crippen MR) is 87.3 cm³/mol. The minimum atomic E-state index is -0.391. The van der Waals surface area contributed by atoms with Crippen LogP contribution < -0.4 is 15.0 Å². The third kappa shape index (κ3) is 3.71. The zero-order chi connectivity index (χ0) is 17.1. The van der Waals surface area contributed by atoms with Crippen molar-refractivity contribution in [1.82, 2.24) is 5.32 Å². The number of anilines is 1. The van der Waals surface area contributed by atoms with E-state index in [0.717, 1.165) is 16.8 Å². The number of carbonyl (C=O) groups is 2. The number of rotatable bonds is 4. The fraction of sp³-hybridized carbons (Fsp3) is 0.222. The van der Waals surface area contributed by atoms with Crippen LogP contribution in [0.4, 0.5) is 10.1 Å². The number of amides is 1. The first-order valence-corrected chi connectivity index (χ1v) is 7.59. The number of aryl methyl sites for hydroxylation is 1. The number of ether oxygens (including phenoxy) is 1. The maximum atomic E-state index is 12.9. The summed E-state index contributed by atoms with van der Waals surface area (Å²) < 4.78 is 18.1. The van der Waals surface area contributed by atoms with Crippen LogP contribution in [-0.4, -0.2) is 25.0 Å². The van der Waals surface area contributed by atoms with E-state index in [-0.39, 0.29) is 24.8 Å². The van der Waals surface area contributed by atoms with E-state index >= 15 is 0 Å². The number of halogens is 1. The summed E-state index contributed by atoms with van der Waals surface area (Å²) in [7, 11) is 0. The maximum Gasteiger partial charge on any atom is 0.331 e. The van der Waals surface area contributed by atoms with Gasteiger partial charge in [-0.05, 0) is 42.3 Å². The zero-order valence-corrected chi connectivity index (χ0v) is 13.2. The monoisotopic (exact) mass is 328 g/mol. The molecule has 124 valence electrons. The van der Waals surface area contributed by atoms with Crippen LogP contribution >= 0.6 is 0 Å². The highest BCUT2D eigenvalue weighted by molar-refractivity contribution is 5.89. The van der Waals surface area contributed by atoms with Crippen LogP contribution in [0.1, 0.15) is 11.1 Å². The second kappa shape index (κ2) is 6.70. The topological polar surface area (TPSA) is 58.6 Å². The second-order valence-corrected chi connectivity index (χ2v) is 5.70. The van der Waals surface area contributed by atoms with Gasteiger partial charge in [0.05, 0.1) is 12.2 Å². The van der Waals surface area contributed by atoms with Crippen molar-refractivity contribution in [1.29, 1.82) is 0 Å². The van der Waals surface area contributed by atoms with Crippen LogP contribution in [0, 0.1) is 12.7 Å². The molecule has 6 heteroatoms. The molecule has 0 saturated carbocycles. The molecule has 0 aliphatic carbocycles. The molecule has 1 aliphatic rings. The third-order valence-corrected chi connectivity index (χ3v) is 3.74. The Bertz CT molecular complexity index is 774. The van der Waals surface area contributed by atoms with Crippen molar-refractivity contribution in [2.24, 2.45) is 0 Å². The molecule has 0 radical (unpaired) electrons. The van der Waals surface area contributed by atoms with E-state index in [4.69, 9.17) is 4.74 Å². The lowest BCUT2D eigenvalue weighted by atomic mass is 10.1. The van der Waals surface area contributed by atoms with Crippen molar-refractivity contribution in [3.05, 3.63) is 59.4 Å². The Morgan fingerprint density at radius 1 is 1.25 bits per heavy atom. The molecular formula is C18H17FN2O3. The first kappa shape index (κ1) is 16.0. The van der Waals surface area contributed by atoms with Crippen LogP contribution in [0.5, 0.6) is 5.75 Å². The zero-order valence-electron chi connectivity index (χ0n) is 13.2. The molecular weight excluding hydrogens is 311 g/mol. The van der Waals surface area contributed by atoms with E-state index in [1.165, 1.54) is 12.1 Å². The van der Waals surface area contributed by atoms with Gasteiger partial charge in [0.1, 0.15) is 12.4 Å². The molecule has 0 aromatic heterocycles. The molecule has 24 heavy (non-hydrogen) atoms. The molecule has 1 amide bonds. The standard InChI is InChI=1S/C18H17FN2O3/c1-12-2-7-16-15(8-12)21(11-18(23)24-16)10-17(22)20-9-13-3-5-14(19)6-4-13/h2-8H,9-11H2,1H3,(H,20,22). The highest BCUT2D eigenvalue weighted by atomic mass is 19.1. The number of nitrogens with one attached hydrogen (secondary N) is 1. The quantitative estimate of drug-likeness (QED) is 0.690. The molecule has 2 aromatic rings. The van der Waals surface area contributed by atoms with Crippen molar-refractivity contribution in [3.63, 3.8) is 0 Å². The summed E-state index contributed by atoms with van der Waals surface area (Å²) in [5, 5.41) is 2.77. The van der Waals surface area contributed by atoms with Gasteiger partial charge in [-0.2, -0.15) is 0 Å². The van der Waals surface area contributed by atoms with E-state index in [1.54, 1.807) is 23.1 Å². The van der Waals surface area contributed by atoms with Crippen LogP contribution in [-0.2, 0) is 16.1 Å². The number of carbonyl (C=O) groups excluding carboxylic acids is 2. The first-order valence-electron chi connectivity index (χ1n) is 7.59. The highest BCUT2D eigenvalue weighted by Crippen LogP contribution is 2.32. The second-order valence-electron chi connectivity index (χ2n) is 5.70. The summed E-state index contributed by atoms with van der Waals surface area (Å²) in [6.45, 7) is 2.31. The molecule has 0 atom stereocenters. The summed E-state index contributed by atoms with van der Waals surface area (Å²) in [5.41, 5.74) is 2.55. The Labute approximate surface area is 139 Å². The van der Waals surface area contributed by atoms with Gasteiger partial charge in [-0.1, -0.05) is 18.2 Å². The van der Waals surface area contributed by atoms with Crippen LogP contribution in [0.15, 0.2) is 42.5 Å². The minimum Gasteiger partial charge on any atom is -0.423 e. The van der Waals surface area contributed by atoms with Crippen LogP contribution in [0.2, 0.25) is 0 Å². The number of fused-ring (bicyclic) bond motifs is 1. The van der Waals surface area contributed by atoms with Crippen molar-refractivity contribution in [2.75, 3.05) is 18.0 Å². The van der Waals surface area contributed by atoms with Crippen molar-refractivity contribution in [2.45, 2.75) is 13.5 Å². The van der Waals surface area contributed by atoms with Gasteiger partial charge in [0.2, 0.25) is 5.91 Å². The number of esters is 1. The van der Waals surface area contributed by atoms with Gasteiger partial charge >= 0.3 is 5.97 Å². The molecule has 0 fully saturated rings. The highest BCUT2D eigenvalue weighted by Gasteiger charge is 2.25. The van der Waals surface area contributed by atoms with E-state index in [0.29, 0.717) is 12.3 Å². The van der Waals surface area contributed by atoms with Crippen molar-refractivity contribution in [3.8, 4) is 5.75 Å². The average molecular weight is 328 g/mol. The average Bonchev–Trinajstić information content (AvgIpc) is 2.55. The van der Waals surface area contributed by atoms with Crippen LogP contribution in [0.3, 0.4) is 0 Å². The van der Waals surface area contributed by atoms with Gasteiger partial charge in [0, 0.05) is 6.54 Å². The number of nitrogens with zero attached hydrogens (tertiary/aromatic N) is 1. The van der Waals surface area contributed by atoms with Crippen LogP contribution in [0.25, 0.3) is 0 Å². The van der Waals surface area contributed by atoms with E-state index in [9.17, 15) is 14.0 Å². The summed E-state index contributed by atoms with van der Waals surface area (Å²) >= 11 is 0. The Kier molecular flexibility index (Phi) is 4.46. The van der Waals surface area contributed by atoms with Crippen molar-refractivity contribution < 1.29 is 18.7 Å². The van der Waals surface area contributed by atoms with E-state index in [2.05, 4.69) is 5.32 Å². The molecule has 0 spiro atoms. The molecule has 1 heterocycles. The summed E-state index contributed by atoms with van der Waals surface area (Å²) in [6, 6.07) is 11.4. The van der Waals surface area contributed by atoms with Gasteiger partial charge in [-0.15, -0.1) is 0 Å². The third-order valence-electron chi connectivity index (χ3n) is 3.74. The smallest absolute Gasteiger partial charge is 0.331 e. The minimum absolute atomic E-state index is 0.0282. The summed E-state index contributed by atoms with van der Waals surface area (Å²) in [4.78, 5) is 25.5. The Morgan fingerprint density at radius 2 is 2.00 bits per heavy atom. The largest absolute Gasteiger partial charge is 0.423 e. The van der Waals surface area contributed by atoms with Gasteiger partial charge in [-0.25, -0.2) is 9.18 Å². The lowest BCUT2D eigenvalue weighted by Crippen LogP contribution is -2.43. The lowest BCUT2D eigenvalue weighted by Gasteiger charge is -2.29. The number of hydrogen-bond acceptors (Lipinski definition) is 4. The van der Waals surface area contributed by atoms with E-state index < -0.39 is 5.97 Å². The summed E-state index contributed by atoms with van der Waals surface area (Å²) in [5.74, 6) is -0.466. The van der Waals surface area contributed by atoms with Crippen molar-refractivity contribution >= 4 is 17.6 Å². The Hall–Kier alpha value is -2.89. The fourth-order valence-electron chi connectivity index (χ4n) is 2.53. The normalized spacial score (nSPS) is 13.2. The maximum absolute atomic E-state index is 12.9. The molecule has 0 unspecified atom stereocenters. The van der Waals surface area contributed by atoms with Gasteiger partial charge < -0.3 is 15.0 Å². The molecule has 0 bridgehead atoms. The molecule has 1 N–H and O–H groups in total. The van der Waals surface area contributed by atoms with Gasteiger partial charge in [-0.3, -0.25) is 4.79 Å².